The van der Waals surface area contributed by atoms with Gasteiger partial charge in [0.05, 0.1) is 12.6 Å². The van der Waals surface area contributed by atoms with Crippen molar-refractivity contribution < 1.29 is 15.0 Å². The molecule has 0 fully saturated rings. The summed E-state index contributed by atoms with van der Waals surface area (Å²) in [5, 5.41) is 21.5. The fraction of sp³-hybridized carbons (Fsp3) is 0.214. The second-order valence-electron chi connectivity index (χ2n) is 4.10. The maximum absolute atomic E-state index is 10.8. The highest BCUT2D eigenvalue weighted by Crippen LogP contribution is 2.18. The van der Waals surface area contributed by atoms with Crippen molar-refractivity contribution in [3.8, 4) is 0 Å². The first kappa shape index (κ1) is 13.7. The van der Waals surface area contributed by atoms with Crippen molar-refractivity contribution in [3.05, 3.63) is 57.8 Å². The van der Waals surface area contributed by atoms with Gasteiger partial charge in [-0.05, 0) is 17.7 Å². The minimum atomic E-state index is -0.905. The summed E-state index contributed by atoms with van der Waals surface area (Å²) in [7, 11) is 0. The van der Waals surface area contributed by atoms with E-state index in [1.54, 1.807) is 12.1 Å². The lowest BCUT2D eigenvalue weighted by Crippen LogP contribution is -2.23. The van der Waals surface area contributed by atoms with Crippen molar-refractivity contribution in [1.29, 1.82) is 0 Å². The van der Waals surface area contributed by atoms with E-state index in [1.807, 2.05) is 30.3 Å². The maximum Gasteiger partial charge on any atom is 0.345 e. The Morgan fingerprint density at radius 2 is 1.95 bits per heavy atom. The molecule has 4 nitrogen and oxygen atoms in total. The van der Waals surface area contributed by atoms with Gasteiger partial charge in [-0.1, -0.05) is 30.3 Å². The maximum atomic E-state index is 10.8. The molecule has 5 heteroatoms. The highest BCUT2D eigenvalue weighted by molar-refractivity contribution is 7.13. The van der Waals surface area contributed by atoms with E-state index in [2.05, 4.69) is 5.32 Å². The summed E-state index contributed by atoms with van der Waals surface area (Å²) in [5.74, 6) is -0.905. The highest BCUT2D eigenvalue weighted by atomic mass is 32.1. The monoisotopic (exact) mass is 277 g/mol. The molecule has 0 aliphatic carbocycles. The van der Waals surface area contributed by atoms with Crippen LogP contribution in [0.1, 0.15) is 26.2 Å². The quantitative estimate of drug-likeness (QED) is 0.757. The number of rotatable bonds is 6. The van der Waals surface area contributed by atoms with E-state index in [0.717, 1.165) is 10.4 Å². The van der Waals surface area contributed by atoms with Crippen LogP contribution in [0.3, 0.4) is 0 Å². The summed E-state index contributed by atoms with van der Waals surface area (Å²) < 4.78 is 0. The van der Waals surface area contributed by atoms with Crippen LogP contribution in [-0.4, -0.2) is 22.8 Å². The molecular formula is C14H15NO3S. The van der Waals surface area contributed by atoms with E-state index in [4.69, 9.17) is 5.11 Å². The van der Waals surface area contributed by atoms with Crippen LogP contribution in [0.5, 0.6) is 0 Å². The molecule has 19 heavy (non-hydrogen) atoms. The number of nitrogens with one attached hydrogen (secondary N) is 1. The van der Waals surface area contributed by atoms with E-state index in [-0.39, 0.29) is 12.6 Å². The molecule has 0 amide bonds. The molecule has 1 heterocycles. The van der Waals surface area contributed by atoms with Crippen molar-refractivity contribution in [2.75, 3.05) is 6.61 Å². The van der Waals surface area contributed by atoms with E-state index < -0.39 is 5.97 Å². The molecule has 100 valence electrons. The molecule has 1 atom stereocenters. The van der Waals surface area contributed by atoms with Gasteiger partial charge in [-0.25, -0.2) is 4.79 Å². The Morgan fingerprint density at radius 3 is 2.53 bits per heavy atom. The number of benzene rings is 1. The largest absolute Gasteiger partial charge is 0.477 e. The molecule has 0 aliphatic heterocycles. The number of carbonyl (C=O) groups is 1. The Kier molecular flexibility index (Phi) is 4.68. The van der Waals surface area contributed by atoms with Gasteiger partial charge < -0.3 is 15.5 Å². The number of carboxylic acid groups (broad SMARTS) is 1. The third-order valence-corrected chi connectivity index (χ3v) is 3.85. The number of hydrogen-bond acceptors (Lipinski definition) is 4. The number of thiophene rings is 1. The Balaban J connectivity index is 1.98. The van der Waals surface area contributed by atoms with E-state index >= 15 is 0 Å². The van der Waals surface area contributed by atoms with Gasteiger partial charge in [0, 0.05) is 11.4 Å². The third-order valence-electron chi connectivity index (χ3n) is 2.78. The summed E-state index contributed by atoms with van der Waals surface area (Å²) in [6.07, 6.45) is 0. The van der Waals surface area contributed by atoms with E-state index in [9.17, 15) is 9.90 Å². The molecule has 2 rings (SSSR count). The molecule has 1 aromatic heterocycles. The van der Waals surface area contributed by atoms with Gasteiger partial charge in [0.2, 0.25) is 0 Å². The lowest BCUT2D eigenvalue weighted by Gasteiger charge is -2.15. The number of hydrogen-bond donors (Lipinski definition) is 3. The molecule has 0 aliphatic rings. The third kappa shape index (κ3) is 3.64. The van der Waals surface area contributed by atoms with Gasteiger partial charge in [-0.15, -0.1) is 11.3 Å². The van der Waals surface area contributed by atoms with Gasteiger partial charge in [0.1, 0.15) is 4.88 Å². The smallest absolute Gasteiger partial charge is 0.345 e. The zero-order chi connectivity index (χ0) is 13.7. The summed E-state index contributed by atoms with van der Waals surface area (Å²) >= 11 is 1.24. The van der Waals surface area contributed by atoms with Crippen molar-refractivity contribution in [1.82, 2.24) is 5.32 Å². The minimum absolute atomic E-state index is 0.00117. The summed E-state index contributed by atoms with van der Waals surface area (Å²) in [6, 6.07) is 12.9. The second-order valence-corrected chi connectivity index (χ2v) is 5.27. The van der Waals surface area contributed by atoms with Crippen LogP contribution in [-0.2, 0) is 6.54 Å². The van der Waals surface area contributed by atoms with Crippen molar-refractivity contribution in [2.45, 2.75) is 12.6 Å². The standard InChI is InChI=1S/C14H15NO3S/c16-9-12(10-4-2-1-3-5-10)15-8-11-6-7-13(19-11)14(17)18/h1-7,12,15-16H,8-9H2,(H,17,18). The van der Waals surface area contributed by atoms with Crippen LogP contribution in [0.25, 0.3) is 0 Å². The lowest BCUT2D eigenvalue weighted by atomic mass is 10.1. The summed E-state index contributed by atoms with van der Waals surface area (Å²) in [6.45, 7) is 0.541. The van der Waals surface area contributed by atoms with Crippen LogP contribution in [0.4, 0.5) is 0 Å². The molecular weight excluding hydrogens is 262 g/mol. The van der Waals surface area contributed by atoms with Crippen LogP contribution in [0.15, 0.2) is 42.5 Å². The summed E-state index contributed by atoms with van der Waals surface area (Å²) in [5.41, 5.74) is 1.01. The highest BCUT2D eigenvalue weighted by Gasteiger charge is 2.11. The Hall–Kier alpha value is -1.69. The normalized spacial score (nSPS) is 12.3. The zero-order valence-electron chi connectivity index (χ0n) is 10.2. The average Bonchev–Trinajstić information content (AvgIpc) is 2.90. The van der Waals surface area contributed by atoms with Crippen LogP contribution >= 0.6 is 11.3 Å². The molecule has 1 aromatic carbocycles. The van der Waals surface area contributed by atoms with Crippen LogP contribution in [0.2, 0.25) is 0 Å². The lowest BCUT2D eigenvalue weighted by molar-refractivity contribution is 0.0702. The SMILES string of the molecule is O=C(O)c1ccc(CNC(CO)c2ccccc2)s1. The number of aliphatic hydroxyl groups excluding tert-OH is 1. The Bertz CT molecular complexity index is 539. The van der Waals surface area contributed by atoms with E-state index in [0.29, 0.717) is 11.4 Å². The molecule has 0 saturated heterocycles. The van der Waals surface area contributed by atoms with Crippen molar-refractivity contribution in [3.63, 3.8) is 0 Å². The average molecular weight is 277 g/mol. The van der Waals surface area contributed by atoms with Gasteiger partial charge in [0.25, 0.3) is 0 Å². The van der Waals surface area contributed by atoms with Crippen molar-refractivity contribution in [2.24, 2.45) is 0 Å². The number of carboxylic acids is 1. The van der Waals surface area contributed by atoms with E-state index in [1.165, 1.54) is 11.3 Å². The second kappa shape index (κ2) is 6.47. The van der Waals surface area contributed by atoms with Crippen LogP contribution in [0, 0.1) is 0 Å². The Labute approximate surface area is 115 Å². The molecule has 2 aromatic rings. The fourth-order valence-electron chi connectivity index (χ4n) is 1.78. The van der Waals surface area contributed by atoms with Gasteiger partial charge >= 0.3 is 5.97 Å². The molecule has 3 N–H and O–H groups in total. The first-order valence-electron chi connectivity index (χ1n) is 5.92. The molecule has 0 spiro atoms. The van der Waals surface area contributed by atoms with Gasteiger partial charge in [-0.2, -0.15) is 0 Å². The van der Waals surface area contributed by atoms with Crippen LogP contribution < -0.4 is 5.32 Å². The fourth-order valence-corrected chi connectivity index (χ4v) is 2.58. The molecule has 0 radical (unpaired) electrons. The summed E-state index contributed by atoms with van der Waals surface area (Å²) in [4.78, 5) is 12.0. The topological polar surface area (TPSA) is 69.6 Å². The zero-order valence-corrected chi connectivity index (χ0v) is 11.1. The predicted octanol–water partition coefficient (Wildman–Crippen LogP) is 2.27. The Morgan fingerprint density at radius 1 is 1.21 bits per heavy atom. The predicted molar refractivity (Wildman–Crippen MR) is 74.4 cm³/mol. The molecule has 0 bridgehead atoms. The molecule has 1 unspecified atom stereocenters. The first-order valence-corrected chi connectivity index (χ1v) is 6.73. The van der Waals surface area contributed by atoms with Gasteiger partial charge in [-0.3, -0.25) is 0 Å². The van der Waals surface area contributed by atoms with Crippen molar-refractivity contribution >= 4 is 17.3 Å². The minimum Gasteiger partial charge on any atom is -0.477 e. The number of aliphatic hydroxyl groups is 1. The van der Waals surface area contributed by atoms with Gasteiger partial charge in [0.15, 0.2) is 0 Å². The molecule has 0 saturated carbocycles. The first-order chi connectivity index (χ1) is 9.20. The number of aromatic carboxylic acids is 1.